The normalized spacial score (nSPS) is 37.0. The minimum atomic E-state index is -0.264. The Bertz CT molecular complexity index is 367. The highest BCUT2D eigenvalue weighted by molar-refractivity contribution is 5.81. The first-order chi connectivity index (χ1) is 10.7. The van der Waals surface area contributed by atoms with Crippen molar-refractivity contribution < 1.29 is 9.53 Å². The van der Waals surface area contributed by atoms with Crippen LogP contribution >= 0.6 is 0 Å². The lowest BCUT2D eigenvalue weighted by Gasteiger charge is -2.45. The number of fused-ring (bicyclic) bond motifs is 2. The average molecular weight is 308 g/mol. The predicted octanol–water partition coefficient (Wildman–Crippen LogP) is 2.75. The summed E-state index contributed by atoms with van der Waals surface area (Å²) in [5.74, 6) is 1.28. The molecule has 0 spiro atoms. The van der Waals surface area contributed by atoms with Crippen molar-refractivity contribution in [3.8, 4) is 0 Å². The molecule has 3 saturated carbocycles. The Balaban J connectivity index is 1.57. The molecule has 3 N–H and O–H groups in total. The third kappa shape index (κ3) is 3.65. The van der Waals surface area contributed by atoms with Crippen molar-refractivity contribution in [3.63, 3.8) is 0 Å². The van der Waals surface area contributed by atoms with E-state index in [1.165, 1.54) is 32.1 Å². The van der Waals surface area contributed by atoms with Gasteiger partial charge in [0.25, 0.3) is 0 Å². The van der Waals surface area contributed by atoms with Crippen molar-refractivity contribution in [1.82, 2.24) is 5.32 Å². The van der Waals surface area contributed by atoms with Crippen LogP contribution in [-0.2, 0) is 9.53 Å². The molecule has 0 aromatic rings. The molecule has 0 radical (unpaired) electrons. The largest absolute Gasteiger partial charge is 0.365 e. The third-order valence-corrected chi connectivity index (χ3v) is 6.01. The van der Waals surface area contributed by atoms with Crippen LogP contribution in [0.2, 0.25) is 0 Å². The summed E-state index contributed by atoms with van der Waals surface area (Å²) in [4.78, 5) is 12.7. The Morgan fingerprint density at radius 1 is 1.14 bits per heavy atom. The van der Waals surface area contributed by atoms with Crippen LogP contribution in [0.5, 0.6) is 0 Å². The van der Waals surface area contributed by atoms with Gasteiger partial charge in [0.2, 0.25) is 5.91 Å². The van der Waals surface area contributed by atoms with Gasteiger partial charge in [-0.15, -0.1) is 0 Å². The summed E-state index contributed by atoms with van der Waals surface area (Å²) >= 11 is 0. The van der Waals surface area contributed by atoms with E-state index in [0.29, 0.717) is 30.0 Å². The highest BCUT2D eigenvalue weighted by Gasteiger charge is 2.40. The molecule has 3 rings (SSSR count). The zero-order valence-corrected chi connectivity index (χ0v) is 13.9. The second kappa shape index (κ2) is 7.31. The smallest absolute Gasteiger partial charge is 0.249 e. The number of hydrogen-bond acceptors (Lipinski definition) is 3. The summed E-state index contributed by atoms with van der Waals surface area (Å²) in [5.41, 5.74) is 6.18. The molecule has 2 bridgehead atoms. The van der Waals surface area contributed by atoms with Crippen LogP contribution < -0.4 is 11.1 Å². The van der Waals surface area contributed by atoms with Gasteiger partial charge in [0.1, 0.15) is 6.10 Å². The fourth-order valence-electron chi connectivity index (χ4n) is 4.88. The molecule has 0 aliphatic heterocycles. The molecule has 22 heavy (non-hydrogen) atoms. The van der Waals surface area contributed by atoms with E-state index in [2.05, 4.69) is 12.2 Å². The highest BCUT2D eigenvalue weighted by Crippen LogP contribution is 2.39. The summed E-state index contributed by atoms with van der Waals surface area (Å²) < 4.78 is 6.07. The van der Waals surface area contributed by atoms with Crippen LogP contribution in [0.15, 0.2) is 0 Å². The van der Waals surface area contributed by atoms with E-state index >= 15 is 0 Å². The van der Waals surface area contributed by atoms with E-state index in [-0.39, 0.29) is 12.0 Å². The van der Waals surface area contributed by atoms with Gasteiger partial charge in [-0.1, -0.05) is 26.2 Å². The Kier molecular flexibility index (Phi) is 5.40. The minimum absolute atomic E-state index is 0.117. The van der Waals surface area contributed by atoms with Gasteiger partial charge in [0.05, 0.1) is 6.10 Å². The Morgan fingerprint density at radius 3 is 2.36 bits per heavy atom. The van der Waals surface area contributed by atoms with Crippen molar-refractivity contribution in [3.05, 3.63) is 0 Å². The summed E-state index contributed by atoms with van der Waals surface area (Å²) in [5, 5.41) is 3.35. The van der Waals surface area contributed by atoms with Gasteiger partial charge in [0.15, 0.2) is 0 Å². The molecule has 0 heterocycles. The fraction of sp³-hybridized carbons (Fsp3) is 0.944. The molecular weight excluding hydrogens is 276 g/mol. The number of amides is 1. The number of carbonyl (C=O) groups excluding carboxylic acids is 1. The van der Waals surface area contributed by atoms with Crippen LogP contribution in [0.1, 0.15) is 71.1 Å². The van der Waals surface area contributed by atoms with Gasteiger partial charge in [-0.05, 0) is 56.8 Å². The van der Waals surface area contributed by atoms with Gasteiger partial charge in [0, 0.05) is 12.1 Å². The lowest BCUT2D eigenvalue weighted by atomic mass is 9.67. The van der Waals surface area contributed by atoms with Crippen molar-refractivity contribution >= 4 is 5.91 Å². The topological polar surface area (TPSA) is 64.3 Å². The Hall–Kier alpha value is -0.610. The number of nitrogens with two attached hydrogens (primary N) is 1. The molecule has 3 fully saturated rings. The van der Waals surface area contributed by atoms with Crippen LogP contribution in [0, 0.1) is 11.8 Å². The average Bonchev–Trinajstić information content (AvgIpc) is 2.98. The summed E-state index contributed by atoms with van der Waals surface area (Å²) in [7, 11) is 0. The van der Waals surface area contributed by atoms with Crippen molar-refractivity contribution in [2.45, 2.75) is 95.4 Å². The maximum absolute atomic E-state index is 12.7. The van der Waals surface area contributed by atoms with E-state index in [0.717, 1.165) is 32.1 Å². The molecule has 4 nitrogen and oxygen atoms in total. The maximum atomic E-state index is 12.7. The minimum Gasteiger partial charge on any atom is -0.365 e. The monoisotopic (exact) mass is 308 g/mol. The van der Waals surface area contributed by atoms with Gasteiger partial charge in [-0.3, -0.25) is 4.79 Å². The lowest BCUT2D eigenvalue weighted by Crippen LogP contribution is -2.55. The van der Waals surface area contributed by atoms with Gasteiger partial charge in [-0.25, -0.2) is 0 Å². The van der Waals surface area contributed by atoms with E-state index in [1.807, 2.05) is 0 Å². The predicted molar refractivity (Wildman–Crippen MR) is 87.4 cm³/mol. The number of hydrogen-bond donors (Lipinski definition) is 2. The molecule has 3 aliphatic rings. The molecule has 4 heteroatoms. The first-order valence-electron chi connectivity index (χ1n) is 9.38. The summed E-state index contributed by atoms with van der Waals surface area (Å²) in [6.07, 6.45) is 11.4. The molecule has 0 aromatic carbocycles. The number of nitrogens with one attached hydrogen (secondary N) is 1. The molecular formula is C18H32N2O2. The number of rotatable bonds is 5. The van der Waals surface area contributed by atoms with Gasteiger partial charge >= 0.3 is 0 Å². The van der Waals surface area contributed by atoms with Crippen LogP contribution in [0.4, 0.5) is 0 Å². The molecule has 3 unspecified atom stereocenters. The van der Waals surface area contributed by atoms with Gasteiger partial charge in [-0.2, -0.15) is 0 Å². The molecule has 0 aromatic heterocycles. The van der Waals surface area contributed by atoms with Crippen molar-refractivity contribution in [1.29, 1.82) is 0 Å². The standard InChI is InChI=1S/C18H32N2O2/c1-2-16(22-15-8-3-4-9-15)18(21)20-17-12-6-5-7-13(17)11-14(19)10-12/h12-17H,2-11,19H2,1H3,(H,20,21). The zero-order chi connectivity index (χ0) is 15.5. The molecule has 3 atom stereocenters. The van der Waals surface area contributed by atoms with Crippen molar-refractivity contribution in [2.24, 2.45) is 17.6 Å². The quantitative estimate of drug-likeness (QED) is 0.821. The first-order valence-corrected chi connectivity index (χ1v) is 9.38. The van der Waals surface area contributed by atoms with E-state index < -0.39 is 0 Å². The SMILES string of the molecule is CCC(OC1CCCC1)C(=O)NC1C2CCCC1CC(N)C2. The van der Waals surface area contributed by atoms with E-state index in [4.69, 9.17) is 10.5 Å². The summed E-state index contributed by atoms with van der Waals surface area (Å²) in [6, 6.07) is 0.669. The van der Waals surface area contributed by atoms with Crippen LogP contribution in [0.25, 0.3) is 0 Å². The van der Waals surface area contributed by atoms with E-state index in [9.17, 15) is 4.79 Å². The number of carbonyl (C=O) groups is 1. The lowest BCUT2D eigenvalue weighted by molar-refractivity contribution is -0.139. The van der Waals surface area contributed by atoms with Crippen LogP contribution in [0.3, 0.4) is 0 Å². The zero-order valence-electron chi connectivity index (χ0n) is 13.9. The van der Waals surface area contributed by atoms with Crippen LogP contribution in [-0.4, -0.2) is 30.2 Å². The van der Waals surface area contributed by atoms with E-state index in [1.54, 1.807) is 0 Å². The molecule has 3 aliphatic carbocycles. The maximum Gasteiger partial charge on any atom is 0.249 e. The highest BCUT2D eigenvalue weighted by atomic mass is 16.5. The Labute approximate surface area is 134 Å². The Morgan fingerprint density at radius 2 is 1.77 bits per heavy atom. The van der Waals surface area contributed by atoms with Crippen molar-refractivity contribution in [2.75, 3.05) is 0 Å². The number of ether oxygens (including phenoxy) is 1. The second-order valence-electron chi connectivity index (χ2n) is 7.66. The molecule has 0 saturated heterocycles. The first kappa shape index (κ1) is 16.3. The molecule has 126 valence electrons. The molecule has 1 amide bonds. The fourth-order valence-corrected chi connectivity index (χ4v) is 4.88. The second-order valence-corrected chi connectivity index (χ2v) is 7.66. The summed E-state index contributed by atoms with van der Waals surface area (Å²) in [6.45, 7) is 2.05. The van der Waals surface area contributed by atoms with Gasteiger partial charge < -0.3 is 15.8 Å². The third-order valence-electron chi connectivity index (χ3n) is 6.01.